The molecule has 134 valence electrons. The molecule has 3 rings (SSSR count). The van der Waals surface area contributed by atoms with E-state index in [-0.39, 0.29) is 11.9 Å². The molecule has 0 bridgehead atoms. The van der Waals surface area contributed by atoms with Crippen LogP contribution >= 0.6 is 0 Å². The minimum absolute atomic E-state index is 0.0540. The minimum atomic E-state index is -0.0540. The fourth-order valence-corrected chi connectivity index (χ4v) is 4.06. The first-order valence-corrected chi connectivity index (χ1v) is 9.40. The highest BCUT2D eigenvalue weighted by Crippen LogP contribution is 2.31. The van der Waals surface area contributed by atoms with Crippen molar-refractivity contribution in [1.82, 2.24) is 9.88 Å². The van der Waals surface area contributed by atoms with Gasteiger partial charge in [-0.1, -0.05) is 12.0 Å². The predicted molar refractivity (Wildman–Crippen MR) is 97.8 cm³/mol. The second-order valence-corrected chi connectivity index (χ2v) is 7.36. The molecule has 1 aromatic heterocycles. The summed E-state index contributed by atoms with van der Waals surface area (Å²) >= 11 is 0. The molecule has 1 aliphatic heterocycles. The van der Waals surface area contributed by atoms with Crippen molar-refractivity contribution in [2.24, 2.45) is 11.8 Å². The Bertz CT molecular complexity index is 636. The highest BCUT2D eigenvalue weighted by Gasteiger charge is 2.26. The molecule has 1 aliphatic carbocycles. The van der Waals surface area contributed by atoms with Crippen LogP contribution in [0.25, 0.3) is 0 Å². The predicted octanol–water partition coefficient (Wildman–Crippen LogP) is 3.57. The van der Waals surface area contributed by atoms with Gasteiger partial charge in [-0.2, -0.15) is 0 Å². The van der Waals surface area contributed by atoms with Gasteiger partial charge in [-0.15, -0.1) is 0 Å². The smallest absolute Gasteiger partial charge is 0.308 e. The molecule has 25 heavy (non-hydrogen) atoms. The number of nitrogens with zero attached hydrogens (tertiary/aromatic N) is 2. The van der Waals surface area contributed by atoms with Crippen LogP contribution in [-0.2, 0) is 9.53 Å². The Morgan fingerprint density at radius 1 is 1.28 bits per heavy atom. The molecular weight excluding hydrogens is 312 g/mol. The molecule has 0 amide bonds. The van der Waals surface area contributed by atoms with Crippen LogP contribution in [0.1, 0.15) is 62.2 Å². The minimum Gasteiger partial charge on any atom is -0.469 e. The van der Waals surface area contributed by atoms with Crippen LogP contribution in [0.15, 0.2) is 18.3 Å². The molecule has 1 saturated heterocycles. The lowest BCUT2D eigenvalue weighted by molar-refractivity contribution is -0.146. The third-order valence-electron chi connectivity index (χ3n) is 5.68. The third kappa shape index (κ3) is 4.61. The van der Waals surface area contributed by atoms with E-state index in [4.69, 9.17) is 4.74 Å². The van der Waals surface area contributed by atoms with E-state index in [9.17, 15) is 4.79 Å². The lowest BCUT2D eigenvalue weighted by Crippen LogP contribution is -2.22. The first-order valence-electron chi connectivity index (χ1n) is 9.40. The number of carbonyl (C=O) groups excluding carboxylic acids is 1. The topological polar surface area (TPSA) is 42.4 Å². The summed E-state index contributed by atoms with van der Waals surface area (Å²) in [6, 6.07) is 4.73. The summed E-state index contributed by atoms with van der Waals surface area (Å²) in [6.45, 7) is 1.17. The van der Waals surface area contributed by atoms with Crippen molar-refractivity contribution in [3.8, 4) is 11.8 Å². The van der Waals surface area contributed by atoms with Gasteiger partial charge in [-0.25, -0.2) is 4.98 Å². The maximum absolute atomic E-state index is 11.6. The van der Waals surface area contributed by atoms with E-state index < -0.39 is 0 Å². The van der Waals surface area contributed by atoms with Gasteiger partial charge in [0.25, 0.3) is 0 Å². The highest BCUT2D eigenvalue weighted by atomic mass is 16.5. The number of hydrogen-bond donors (Lipinski definition) is 0. The fraction of sp³-hybridized carbons (Fsp3) is 0.619. The SMILES string of the molecule is COC(=O)[C@H]1CC[C@H](CC#Cc2ccc(C3CCCN3C)cn2)CC1. The van der Waals surface area contributed by atoms with Crippen LogP contribution in [0, 0.1) is 23.7 Å². The molecule has 0 N–H and O–H groups in total. The quantitative estimate of drug-likeness (QED) is 0.623. The molecule has 1 saturated carbocycles. The van der Waals surface area contributed by atoms with Gasteiger partial charge in [0.05, 0.1) is 13.0 Å². The monoisotopic (exact) mass is 340 g/mol. The Morgan fingerprint density at radius 2 is 2.08 bits per heavy atom. The summed E-state index contributed by atoms with van der Waals surface area (Å²) in [6.07, 6.45) is 9.35. The van der Waals surface area contributed by atoms with Crippen molar-refractivity contribution < 1.29 is 9.53 Å². The van der Waals surface area contributed by atoms with Gasteiger partial charge in [0.1, 0.15) is 5.69 Å². The molecule has 4 heteroatoms. The average molecular weight is 340 g/mol. The van der Waals surface area contributed by atoms with E-state index in [0.29, 0.717) is 12.0 Å². The van der Waals surface area contributed by atoms with E-state index in [1.54, 1.807) is 0 Å². The summed E-state index contributed by atoms with van der Waals surface area (Å²) in [5.74, 6) is 7.13. The number of carbonyl (C=O) groups is 1. The van der Waals surface area contributed by atoms with Crippen molar-refractivity contribution >= 4 is 5.97 Å². The summed E-state index contributed by atoms with van der Waals surface area (Å²) in [5.41, 5.74) is 2.15. The van der Waals surface area contributed by atoms with Crippen molar-refractivity contribution in [3.63, 3.8) is 0 Å². The molecule has 0 spiro atoms. The van der Waals surface area contributed by atoms with E-state index in [1.165, 1.54) is 32.1 Å². The molecule has 2 fully saturated rings. The number of likely N-dealkylation sites (tertiary alicyclic amines) is 1. The van der Waals surface area contributed by atoms with Crippen LogP contribution in [-0.4, -0.2) is 36.6 Å². The second-order valence-electron chi connectivity index (χ2n) is 7.36. The zero-order valence-electron chi connectivity index (χ0n) is 15.3. The first kappa shape index (κ1) is 17.9. The van der Waals surface area contributed by atoms with Crippen molar-refractivity contribution in [2.75, 3.05) is 20.7 Å². The molecule has 1 atom stereocenters. The zero-order valence-corrected chi connectivity index (χ0v) is 15.3. The van der Waals surface area contributed by atoms with E-state index in [0.717, 1.165) is 37.8 Å². The Hall–Kier alpha value is -1.86. The summed E-state index contributed by atoms with van der Waals surface area (Å²) < 4.78 is 4.84. The maximum atomic E-state index is 11.6. The normalized spacial score (nSPS) is 26.7. The first-order chi connectivity index (χ1) is 12.2. The molecule has 0 radical (unpaired) electrons. The van der Waals surface area contributed by atoms with Gasteiger partial charge in [-0.3, -0.25) is 9.69 Å². The Morgan fingerprint density at radius 3 is 2.68 bits per heavy atom. The largest absolute Gasteiger partial charge is 0.469 e. The Kier molecular flexibility index (Phi) is 6.09. The van der Waals surface area contributed by atoms with Crippen molar-refractivity contribution in [2.45, 2.75) is 51.0 Å². The number of pyridine rings is 1. The van der Waals surface area contributed by atoms with Crippen LogP contribution in [0.3, 0.4) is 0 Å². The van der Waals surface area contributed by atoms with Gasteiger partial charge in [0.2, 0.25) is 0 Å². The standard InChI is InChI=1S/C21H28N2O2/c1-23-14-4-7-20(23)18-12-13-19(22-15-18)6-3-5-16-8-10-17(11-9-16)21(24)25-2/h12-13,15-17,20H,4-5,7-11,14H2,1-2H3/t16-,17-,20?. The summed E-state index contributed by atoms with van der Waals surface area (Å²) in [4.78, 5) is 18.5. The molecule has 4 nitrogen and oxygen atoms in total. The molecule has 1 aromatic rings. The fourth-order valence-electron chi connectivity index (χ4n) is 4.06. The highest BCUT2D eigenvalue weighted by molar-refractivity contribution is 5.72. The number of methoxy groups -OCH3 is 1. The zero-order chi connectivity index (χ0) is 17.6. The molecular formula is C21H28N2O2. The number of hydrogen-bond acceptors (Lipinski definition) is 4. The van der Waals surface area contributed by atoms with Gasteiger partial charge in [-0.05, 0) is 75.6 Å². The second kappa shape index (κ2) is 8.49. The lowest BCUT2D eigenvalue weighted by atomic mass is 9.81. The molecule has 2 aliphatic rings. The van der Waals surface area contributed by atoms with Crippen LogP contribution in [0.5, 0.6) is 0 Å². The number of aromatic nitrogens is 1. The van der Waals surface area contributed by atoms with Gasteiger partial charge in [0, 0.05) is 18.7 Å². The number of ether oxygens (including phenoxy) is 1. The van der Waals surface area contributed by atoms with Gasteiger partial charge >= 0.3 is 5.97 Å². The van der Waals surface area contributed by atoms with E-state index in [2.05, 4.69) is 34.8 Å². The van der Waals surface area contributed by atoms with Crippen LogP contribution < -0.4 is 0 Å². The molecule has 2 heterocycles. The third-order valence-corrected chi connectivity index (χ3v) is 5.68. The van der Waals surface area contributed by atoms with Gasteiger partial charge < -0.3 is 4.74 Å². The van der Waals surface area contributed by atoms with Crippen molar-refractivity contribution in [3.05, 3.63) is 29.6 Å². The number of rotatable bonds is 3. The lowest BCUT2D eigenvalue weighted by Gasteiger charge is -2.25. The van der Waals surface area contributed by atoms with Crippen molar-refractivity contribution in [1.29, 1.82) is 0 Å². The molecule has 0 aromatic carbocycles. The number of esters is 1. The summed E-state index contributed by atoms with van der Waals surface area (Å²) in [7, 11) is 3.66. The van der Waals surface area contributed by atoms with E-state index in [1.807, 2.05) is 12.3 Å². The maximum Gasteiger partial charge on any atom is 0.308 e. The Labute approximate surface area is 151 Å². The average Bonchev–Trinajstić information content (AvgIpc) is 3.08. The Balaban J connectivity index is 1.48. The van der Waals surface area contributed by atoms with Gasteiger partial charge in [0.15, 0.2) is 0 Å². The molecule has 1 unspecified atom stereocenters. The summed E-state index contributed by atoms with van der Waals surface area (Å²) in [5, 5.41) is 0. The van der Waals surface area contributed by atoms with Crippen LogP contribution in [0.2, 0.25) is 0 Å². The van der Waals surface area contributed by atoms with E-state index >= 15 is 0 Å². The van der Waals surface area contributed by atoms with Crippen LogP contribution in [0.4, 0.5) is 0 Å².